The molecule has 0 spiro atoms. The quantitative estimate of drug-likeness (QED) is 0.528. The number of hydrogen-bond acceptors (Lipinski definition) is 4. The summed E-state index contributed by atoms with van der Waals surface area (Å²) in [5, 5.41) is 12.5. The Morgan fingerprint density at radius 1 is 1.25 bits per heavy atom. The van der Waals surface area contributed by atoms with Crippen LogP contribution in [0.25, 0.3) is 0 Å². The highest BCUT2D eigenvalue weighted by Gasteiger charge is 2.40. The number of rotatable bonds is 4. The molecule has 1 fully saturated rings. The van der Waals surface area contributed by atoms with Crippen molar-refractivity contribution in [1.29, 1.82) is 5.26 Å². The maximum absolute atomic E-state index is 13.2. The van der Waals surface area contributed by atoms with Crippen molar-refractivity contribution in [2.45, 2.75) is 11.7 Å². The molecule has 1 N–H and O–H groups in total. The topological polar surface area (TPSA) is 73.2 Å². The van der Waals surface area contributed by atoms with Crippen molar-refractivity contribution in [3.05, 3.63) is 74.2 Å². The Hall–Kier alpha value is -2.27. The molecule has 3 rings (SSSR count). The average Bonchev–Trinajstić information content (AvgIpc) is 3.00. The number of carbonyl (C=O) groups is 2. The molecule has 0 radical (unpaired) electrons. The molecule has 28 heavy (non-hydrogen) atoms. The van der Waals surface area contributed by atoms with Crippen LogP contribution in [0.4, 0.5) is 5.69 Å². The van der Waals surface area contributed by atoms with Crippen molar-refractivity contribution < 1.29 is 9.59 Å². The summed E-state index contributed by atoms with van der Waals surface area (Å²) in [4.78, 5) is 26.9. The molecule has 142 valence electrons. The average molecular weight is 477 g/mol. The largest absolute Gasteiger partial charge is 0.354 e. The van der Waals surface area contributed by atoms with Crippen molar-refractivity contribution >= 4 is 56.8 Å². The van der Waals surface area contributed by atoms with Crippen molar-refractivity contribution in [2.24, 2.45) is 0 Å². The molecule has 1 aliphatic heterocycles. The highest BCUT2D eigenvalue weighted by molar-refractivity contribution is 9.10. The van der Waals surface area contributed by atoms with Crippen LogP contribution in [0.1, 0.15) is 5.56 Å². The lowest BCUT2D eigenvalue weighted by molar-refractivity contribution is -0.117. The van der Waals surface area contributed by atoms with Crippen LogP contribution in [0, 0.1) is 11.3 Å². The highest BCUT2D eigenvalue weighted by Crippen LogP contribution is 2.42. The summed E-state index contributed by atoms with van der Waals surface area (Å²) in [5.41, 5.74) is 1.47. The number of likely N-dealkylation sites (N-methyl/N-ethyl adjacent to an activating group) is 1. The molecule has 0 aliphatic carbocycles. The third kappa shape index (κ3) is 4.25. The normalized spacial score (nSPS) is 18.0. The monoisotopic (exact) mass is 475 g/mol. The van der Waals surface area contributed by atoms with Gasteiger partial charge in [0.2, 0.25) is 5.91 Å². The second-order valence-corrected chi connectivity index (χ2v) is 8.50. The molecule has 1 heterocycles. The van der Waals surface area contributed by atoms with Crippen molar-refractivity contribution in [3.8, 4) is 6.07 Å². The van der Waals surface area contributed by atoms with Gasteiger partial charge in [0.1, 0.15) is 16.7 Å². The zero-order valence-corrected chi connectivity index (χ0v) is 17.9. The number of halogens is 2. The van der Waals surface area contributed by atoms with Gasteiger partial charge >= 0.3 is 0 Å². The van der Waals surface area contributed by atoms with Gasteiger partial charge < -0.3 is 5.32 Å². The molecule has 0 saturated carbocycles. The lowest BCUT2D eigenvalue weighted by Crippen LogP contribution is -2.31. The smallest absolute Gasteiger partial charge is 0.264 e. The van der Waals surface area contributed by atoms with Crippen LogP contribution < -0.4 is 10.2 Å². The SMILES string of the molecule is CNC(=O)/C(C#N)=C1\S[C@@H](Cc2ccc(Cl)cc2)C(=O)N1c1ccc(Br)cc1. The van der Waals surface area contributed by atoms with E-state index in [1.807, 2.05) is 30.3 Å². The zero-order valence-electron chi connectivity index (χ0n) is 14.8. The van der Waals surface area contributed by atoms with Crippen molar-refractivity contribution in [1.82, 2.24) is 5.32 Å². The minimum atomic E-state index is -0.521. The van der Waals surface area contributed by atoms with Crippen molar-refractivity contribution in [2.75, 3.05) is 11.9 Å². The third-order valence-electron chi connectivity index (χ3n) is 4.15. The number of hydrogen-bond donors (Lipinski definition) is 1. The molecular formula is C20H15BrClN3O2S. The Morgan fingerprint density at radius 3 is 2.46 bits per heavy atom. The van der Waals surface area contributed by atoms with E-state index in [1.54, 1.807) is 24.3 Å². The molecule has 8 heteroatoms. The predicted molar refractivity (Wildman–Crippen MR) is 115 cm³/mol. The van der Waals surface area contributed by atoms with Crippen LogP contribution in [0.3, 0.4) is 0 Å². The summed E-state index contributed by atoms with van der Waals surface area (Å²) < 4.78 is 0.866. The Morgan fingerprint density at radius 2 is 1.89 bits per heavy atom. The molecule has 1 saturated heterocycles. The number of carbonyl (C=O) groups excluding carboxylic acids is 2. The highest BCUT2D eigenvalue weighted by atomic mass is 79.9. The van der Waals surface area contributed by atoms with E-state index < -0.39 is 11.2 Å². The van der Waals surface area contributed by atoms with Crippen LogP contribution >= 0.6 is 39.3 Å². The van der Waals surface area contributed by atoms with Gasteiger partial charge in [0.15, 0.2) is 0 Å². The minimum absolute atomic E-state index is 0.0811. The first-order valence-corrected chi connectivity index (χ1v) is 10.4. The van der Waals surface area contributed by atoms with E-state index in [4.69, 9.17) is 11.6 Å². The maximum Gasteiger partial charge on any atom is 0.264 e. The summed E-state index contributed by atoms with van der Waals surface area (Å²) in [6, 6.07) is 16.4. The number of amides is 2. The Bertz CT molecular complexity index is 984. The van der Waals surface area contributed by atoms with Crippen molar-refractivity contribution in [3.63, 3.8) is 0 Å². The van der Waals surface area contributed by atoms with E-state index in [-0.39, 0.29) is 11.5 Å². The van der Waals surface area contributed by atoms with Gasteiger partial charge in [0.25, 0.3) is 5.91 Å². The number of anilines is 1. The summed E-state index contributed by atoms with van der Waals surface area (Å²) in [5.74, 6) is -0.694. The van der Waals surface area contributed by atoms with Gasteiger partial charge in [-0.1, -0.05) is 51.4 Å². The first-order valence-electron chi connectivity index (χ1n) is 8.31. The number of nitriles is 1. The van der Waals surface area contributed by atoms with E-state index in [2.05, 4.69) is 21.2 Å². The first kappa shape index (κ1) is 20.5. The molecule has 5 nitrogen and oxygen atoms in total. The van der Waals surface area contributed by atoms with E-state index >= 15 is 0 Å². The van der Waals surface area contributed by atoms with E-state index in [9.17, 15) is 14.9 Å². The molecule has 2 aromatic carbocycles. The summed E-state index contributed by atoms with van der Waals surface area (Å²) >= 11 is 10.5. The van der Waals surface area contributed by atoms with Gasteiger partial charge in [0.05, 0.1) is 5.25 Å². The summed E-state index contributed by atoms with van der Waals surface area (Å²) in [6.45, 7) is 0. The minimum Gasteiger partial charge on any atom is -0.354 e. The number of benzene rings is 2. The zero-order chi connectivity index (χ0) is 20.3. The molecule has 0 unspecified atom stereocenters. The van der Waals surface area contributed by atoms with E-state index in [1.165, 1.54) is 23.7 Å². The third-order valence-corrected chi connectivity index (χ3v) is 6.20. The van der Waals surface area contributed by atoms with Gasteiger partial charge in [-0.15, -0.1) is 0 Å². The van der Waals surface area contributed by atoms with Gasteiger partial charge in [-0.05, 0) is 48.4 Å². The predicted octanol–water partition coefficient (Wildman–Crippen LogP) is 4.27. The molecule has 1 atom stereocenters. The van der Waals surface area contributed by atoms with Gasteiger partial charge in [-0.25, -0.2) is 0 Å². The number of thioether (sulfide) groups is 1. The number of nitrogens with zero attached hydrogens (tertiary/aromatic N) is 2. The Labute approximate surface area is 180 Å². The summed E-state index contributed by atoms with van der Waals surface area (Å²) in [7, 11) is 1.46. The van der Waals surface area contributed by atoms with Crippen LogP contribution in [0.5, 0.6) is 0 Å². The Kier molecular flexibility index (Phi) is 6.45. The fourth-order valence-corrected chi connectivity index (χ4v) is 4.47. The van der Waals surface area contributed by atoms with Gasteiger partial charge in [-0.3, -0.25) is 14.5 Å². The van der Waals surface area contributed by atoms with Gasteiger partial charge in [-0.2, -0.15) is 5.26 Å². The number of nitrogens with one attached hydrogen (secondary N) is 1. The Balaban J connectivity index is 2.03. The molecule has 0 bridgehead atoms. The van der Waals surface area contributed by atoms with Crippen LogP contribution in [-0.2, 0) is 16.0 Å². The fourth-order valence-electron chi connectivity index (χ4n) is 2.77. The molecule has 2 amide bonds. The summed E-state index contributed by atoms with van der Waals surface area (Å²) in [6.07, 6.45) is 0.462. The van der Waals surface area contributed by atoms with E-state index in [0.29, 0.717) is 22.2 Å². The second-order valence-electron chi connectivity index (χ2n) is 5.96. The maximum atomic E-state index is 13.2. The second kappa shape index (κ2) is 8.82. The van der Waals surface area contributed by atoms with Crippen LogP contribution in [0.15, 0.2) is 63.6 Å². The molecule has 2 aromatic rings. The fraction of sp³-hybridized carbons (Fsp3) is 0.150. The lowest BCUT2D eigenvalue weighted by Gasteiger charge is -2.18. The van der Waals surface area contributed by atoms with E-state index in [0.717, 1.165) is 10.0 Å². The van der Waals surface area contributed by atoms with Gasteiger partial charge in [0, 0.05) is 22.2 Å². The molecule has 1 aliphatic rings. The first-order chi connectivity index (χ1) is 13.4. The molecule has 0 aromatic heterocycles. The lowest BCUT2D eigenvalue weighted by atomic mass is 10.1. The molecular weight excluding hydrogens is 462 g/mol. The van der Waals surface area contributed by atoms with Crippen LogP contribution in [0.2, 0.25) is 5.02 Å². The standard InChI is InChI=1S/C20H15BrClN3O2S/c1-24-18(26)16(11-23)20-25(15-8-4-13(21)5-9-15)19(27)17(28-20)10-12-2-6-14(22)7-3-12/h2-9,17H,10H2,1H3,(H,24,26)/b20-16-/t17-/m0/s1. The van der Waals surface area contributed by atoms with Crippen LogP contribution in [-0.4, -0.2) is 24.1 Å².